The maximum atomic E-state index is 13.0. The fourth-order valence-electron chi connectivity index (χ4n) is 1.40. The van der Waals surface area contributed by atoms with E-state index < -0.39 is 0 Å². The van der Waals surface area contributed by atoms with E-state index in [-0.39, 0.29) is 10.8 Å². The van der Waals surface area contributed by atoms with E-state index in [9.17, 15) is 4.39 Å². The van der Waals surface area contributed by atoms with Gasteiger partial charge in [0.15, 0.2) is 0 Å². The molecule has 0 amide bonds. The van der Waals surface area contributed by atoms with Gasteiger partial charge < -0.3 is 5.73 Å². The molecule has 82 valence electrons. The summed E-state index contributed by atoms with van der Waals surface area (Å²) in [4.78, 5) is 4.00. The Morgan fingerprint density at radius 3 is 2.94 bits per heavy atom. The zero-order valence-electron chi connectivity index (χ0n) is 8.30. The molecule has 0 saturated heterocycles. The van der Waals surface area contributed by atoms with Crippen LogP contribution < -0.4 is 5.73 Å². The van der Waals surface area contributed by atoms with Gasteiger partial charge in [0.05, 0.1) is 6.54 Å². The lowest BCUT2D eigenvalue weighted by molar-refractivity contribution is 0.624. The first-order valence-electron chi connectivity index (χ1n) is 4.57. The van der Waals surface area contributed by atoms with Crippen LogP contribution in [0.5, 0.6) is 0 Å². The number of nitrogens with two attached hydrogens (primary N) is 1. The van der Waals surface area contributed by atoms with Crippen LogP contribution in [-0.2, 0) is 6.54 Å². The molecule has 4 nitrogen and oxygen atoms in total. The number of rotatable bonds is 3. The summed E-state index contributed by atoms with van der Waals surface area (Å²) in [6, 6.07) is 4.34. The fraction of sp³-hybridized carbons (Fsp3) is 0.100. The minimum absolute atomic E-state index is 0.176. The quantitative estimate of drug-likeness (QED) is 0.811. The van der Waals surface area contributed by atoms with Crippen LogP contribution in [0.3, 0.4) is 0 Å². The lowest BCUT2D eigenvalue weighted by Crippen LogP contribution is -2.14. The van der Waals surface area contributed by atoms with Crippen LogP contribution >= 0.6 is 12.2 Å². The normalized spacial score (nSPS) is 10.3. The number of aromatic nitrogens is 3. The Morgan fingerprint density at radius 2 is 2.31 bits per heavy atom. The molecule has 2 rings (SSSR count). The third-order valence-electron chi connectivity index (χ3n) is 2.14. The zero-order chi connectivity index (χ0) is 11.5. The van der Waals surface area contributed by atoms with Crippen molar-refractivity contribution in [2.45, 2.75) is 6.54 Å². The number of hydrogen-bond donors (Lipinski definition) is 1. The minimum Gasteiger partial charge on any atom is -0.389 e. The minimum atomic E-state index is -0.356. The molecule has 1 aromatic heterocycles. The van der Waals surface area contributed by atoms with E-state index in [2.05, 4.69) is 10.1 Å². The van der Waals surface area contributed by atoms with Crippen LogP contribution in [0.2, 0.25) is 0 Å². The molecule has 0 aliphatic heterocycles. The van der Waals surface area contributed by atoms with Gasteiger partial charge >= 0.3 is 0 Å². The summed E-state index contributed by atoms with van der Waals surface area (Å²) in [5.74, 6) is -0.356. The number of benzene rings is 1. The molecule has 1 heterocycles. The van der Waals surface area contributed by atoms with Crippen molar-refractivity contribution in [2.75, 3.05) is 0 Å². The van der Waals surface area contributed by atoms with Crippen LogP contribution in [-0.4, -0.2) is 19.8 Å². The van der Waals surface area contributed by atoms with Crippen LogP contribution in [0.25, 0.3) is 0 Å². The summed E-state index contributed by atoms with van der Waals surface area (Å²) < 4.78 is 14.7. The number of hydrogen-bond acceptors (Lipinski definition) is 3. The van der Waals surface area contributed by atoms with Crippen molar-refractivity contribution >= 4 is 17.2 Å². The van der Waals surface area contributed by atoms with E-state index >= 15 is 0 Å². The molecule has 0 aliphatic rings. The van der Waals surface area contributed by atoms with E-state index in [0.717, 1.165) is 5.56 Å². The van der Waals surface area contributed by atoms with Crippen molar-refractivity contribution in [1.82, 2.24) is 14.8 Å². The van der Waals surface area contributed by atoms with Crippen molar-refractivity contribution in [1.29, 1.82) is 0 Å². The van der Waals surface area contributed by atoms with Crippen molar-refractivity contribution < 1.29 is 4.39 Å². The van der Waals surface area contributed by atoms with Gasteiger partial charge in [-0.2, -0.15) is 5.10 Å². The van der Waals surface area contributed by atoms with E-state index in [1.807, 2.05) is 0 Å². The highest BCUT2D eigenvalue weighted by Gasteiger charge is 2.07. The first kappa shape index (κ1) is 10.7. The Kier molecular flexibility index (Phi) is 2.91. The maximum Gasteiger partial charge on any atom is 0.137 e. The zero-order valence-corrected chi connectivity index (χ0v) is 9.12. The van der Waals surface area contributed by atoms with E-state index in [4.69, 9.17) is 18.0 Å². The molecule has 2 N–H and O–H groups in total. The summed E-state index contributed by atoms with van der Waals surface area (Å²) in [7, 11) is 0. The van der Waals surface area contributed by atoms with Gasteiger partial charge in [0.1, 0.15) is 23.5 Å². The van der Waals surface area contributed by atoms with E-state index in [0.29, 0.717) is 12.1 Å². The molecule has 0 spiro atoms. The number of nitrogens with zero attached hydrogens (tertiary/aromatic N) is 3. The summed E-state index contributed by atoms with van der Waals surface area (Å²) in [6.45, 7) is 0.465. The van der Waals surface area contributed by atoms with Crippen molar-refractivity contribution in [3.05, 3.63) is 47.8 Å². The van der Waals surface area contributed by atoms with Crippen LogP contribution in [0.4, 0.5) is 4.39 Å². The topological polar surface area (TPSA) is 56.7 Å². The highest BCUT2D eigenvalue weighted by atomic mass is 32.1. The predicted octanol–water partition coefficient (Wildman–Crippen LogP) is 1.10. The van der Waals surface area contributed by atoms with Crippen LogP contribution in [0.1, 0.15) is 11.1 Å². The van der Waals surface area contributed by atoms with Gasteiger partial charge in [-0.3, -0.25) is 0 Å². The van der Waals surface area contributed by atoms with Crippen molar-refractivity contribution in [2.24, 2.45) is 5.73 Å². The van der Waals surface area contributed by atoms with Gasteiger partial charge in [-0.1, -0.05) is 18.3 Å². The predicted molar refractivity (Wildman–Crippen MR) is 61.4 cm³/mol. The van der Waals surface area contributed by atoms with Gasteiger partial charge in [0.25, 0.3) is 0 Å². The van der Waals surface area contributed by atoms with Gasteiger partial charge in [-0.15, -0.1) is 0 Å². The second-order valence-corrected chi connectivity index (χ2v) is 3.70. The van der Waals surface area contributed by atoms with E-state index in [1.165, 1.54) is 18.5 Å². The Bertz CT molecular complexity index is 510. The second-order valence-electron chi connectivity index (χ2n) is 3.26. The molecular formula is C10H9FN4S. The van der Waals surface area contributed by atoms with Gasteiger partial charge in [0, 0.05) is 5.56 Å². The fourth-order valence-corrected chi connectivity index (χ4v) is 1.59. The lowest BCUT2D eigenvalue weighted by Gasteiger charge is -2.08. The summed E-state index contributed by atoms with van der Waals surface area (Å²) >= 11 is 4.87. The number of halogens is 1. The molecule has 0 unspecified atom stereocenters. The first-order chi connectivity index (χ1) is 7.66. The maximum absolute atomic E-state index is 13.0. The largest absolute Gasteiger partial charge is 0.389 e. The molecule has 16 heavy (non-hydrogen) atoms. The monoisotopic (exact) mass is 236 g/mol. The molecular weight excluding hydrogens is 227 g/mol. The average molecular weight is 236 g/mol. The molecule has 0 aliphatic carbocycles. The Hall–Kier alpha value is -1.82. The van der Waals surface area contributed by atoms with Gasteiger partial charge in [-0.05, 0) is 17.7 Å². The summed E-state index contributed by atoms with van der Waals surface area (Å²) in [5, 5.41) is 3.96. The Balaban J connectivity index is 2.36. The lowest BCUT2D eigenvalue weighted by atomic mass is 10.1. The van der Waals surface area contributed by atoms with Crippen LogP contribution in [0.15, 0.2) is 30.9 Å². The summed E-state index contributed by atoms with van der Waals surface area (Å²) in [6.07, 6.45) is 3.01. The second kappa shape index (κ2) is 4.36. The summed E-state index contributed by atoms with van der Waals surface area (Å²) in [5.41, 5.74) is 6.88. The SMILES string of the molecule is NC(=S)c1cc(F)ccc1Cn1cncn1. The molecule has 0 bridgehead atoms. The van der Waals surface area contributed by atoms with Crippen molar-refractivity contribution in [3.63, 3.8) is 0 Å². The first-order valence-corrected chi connectivity index (χ1v) is 4.98. The highest BCUT2D eigenvalue weighted by molar-refractivity contribution is 7.80. The third-order valence-corrected chi connectivity index (χ3v) is 2.36. The Labute approximate surface area is 96.9 Å². The van der Waals surface area contributed by atoms with E-state index in [1.54, 1.807) is 17.1 Å². The molecule has 0 saturated carbocycles. The van der Waals surface area contributed by atoms with Gasteiger partial charge in [-0.25, -0.2) is 14.1 Å². The molecule has 0 fully saturated rings. The highest BCUT2D eigenvalue weighted by Crippen LogP contribution is 2.12. The molecule has 1 aromatic carbocycles. The molecule has 6 heteroatoms. The third kappa shape index (κ3) is 2.22. The Morgan fingerprint density at radius 1 is 1.50 bits per heavy atom. The smallest absolute Gasteiger partial charge is 0.137 e. The van der Waals surface area contributed by atoms with Crippen molar-refractivity contribution in [3.8, 4) is 0 Å². The van der Waals surface area contributed by atoms with Crippen LogP contribution in [0, 0.1) is 5.82 Å². The average Bonchev–Trinajstić information content (AvgIpc) is 2.73. The van der Waals surface area contributed by atoms with Gasteiger partial charge in [0.2, 0.25) is 0 Å². The molecule has 0 atom stereocenters. The molecule has 0 radical (unpaired) electrons. The number of thiocarbonyl (C=S) groups is 1. The standard InChI is InChI=1S/C10H9FN4S/c11-8-2-1-7(9(3-8)10(12)16)4-15-6-13-5-14-15/h1-3,5-6H,4H2,(H2,12,16). The molecule has 2 aromatic rings.